The van der Waals surface area contributed by atoms with Crippen LogP contribution in [0.4, 0.5) is 17.2 Å². The number of carbonyl (C=O) groups is 2. The Morgan fingerprint density at radius 1 is 1.00 bits per heavy atom. The summed E-state index contributed by atoms with van der Waals surface area (Å²) in [5.41, 5.74) is 1.99. The van der Waals surface area contributed by atoms with Crippen molar-refractivity contribution in [3.63, 3.8) is 0 Å². The predicted octanol–water partition coefficient (Wildman–Crippen LogP) is 3.67. The standard InChI is InChI=1S/C21H20N4O3/c1-3-25(17-10-5-4-6-11-17)19-13-12-18(23-24-19)20(26)22-16-9-7-8-15(14-16)21(27)28-2/h4-14H,3H2,1-2H3,(H,22,26). The summed E-state index contributed by atoms with van der Waals surface area (Å²) in [6.07, 6.45) is 0. The molecular weight excluding hydrogens is 356 g/mol. The third-order valence-corrected chi connectivity index (χ3v) is 4.09. The minimum absolute atomic E-state index is 0.177. The minimum Gasteiger partial charge on any atom is -0.465 e. The quantitative estimate of drug-likeness (QED) is 0.661. The molecule has 3 rings (SSSR count). The molecular formula is C21H20N4O3. The number of aromatic nitrogens is 2. The third kappa shape index (κ3) is 4.32. The molecule has 1 amide bonds. The Bertz CT molecular complexity index is 959. The van der Waals surface area contributed by atoms with Gasteiger partial charge in [0, 0.05) is 17.9 Å². The lowest BCUT2D eigenvalue weighted by molar-refractivity contribution is 0.0600. The van der Waals surface area contributed by atoms with Gasteiger partial charge in [-0.15, -0.1) is 10.2 Å². The summed E-state index contributed by atoms with van der Waals surface area (Å²) in [5, 5.41) is 10.9. The molecule has 0 saturated carbocycles. The molecule has 1 N–H and O–H groups in total. The van der Waals surface area contributed by atoms with E-state index in [9.17, 15) is 9.59 Å². The van der Waals surface area contributed by atoms with Crippen LogP contribution in [0.5, 0.6) is 0 Å². The molecule has 1 heterocycles. The highest BCUT2D eigenvalue weighted by atomic mass is 16.5. The number of anilines is 3. The molecule has 0 saturated heterocycles. The van der Waals surface area contributed by atoms with E-state index in [2.05, 4.69) is 20.3 Å². The largest absolute Gasteiger partial charge is 0.465 e. The van der Waals surface area contributed by atoms with Gasteiger partial charge in [0.1, 0.15) is 0 Å². The van der Waals surface area contributed by atoms with Crippen molar-refractivity contribution in [2.45, 2.75) is 6.92 Å². The van der Waals surface area contributed by atoms with Gasteiger partial charge in [0.05, 0.1) is 12.7 Å². The molecule has 0 aliphatic rings. The number of ether oxygens (including phenoxy) is 1. The van der Waals surface area contributed by atoms with E-state index in [0.29, 0.717) is 23.6 Å². The van der Waals surface area contributed by atoms with Crippen LogP contribution in [-0.2, 0) is 4.74 Å². The summed E-state index contributed by atoms with van der Waals surface area (Å²) < 4.78 is 4.68. The van der Waals surface area contributed by atoms with E-state index < -0.39 is 11.9 Å². The second-order valence-electron chi connectivity index (χ2n) is 5.88. The molecule has 0 atom stereocenters. The summed E-state index contributed by atoms with van der Waals surface area (Å²) in [6.45, 7) is 2.73. The maximum absolute atomic E-state index is 12.4. The first kappa shape index (κ1) is 19.0. The first-order valence-electron chi connectivity index (χ1n) is 8.78. The number of esters is 1. The number of carbonyl (C=O) groups excluding carboxylic acids is 2. The Morgan fingerprint density at radius 3 is 2.43 bits per heavy atom. The SMILES string of the molecule is CCN(c1ccccc1)c1ccc(C(=O)Nc2cccc(C(=O)OC)c2)nn1. The fourth-order valence-corrected chi connectivity index (χ4v) is 2.71. The van der Waals surface area contributed by atoms with Crippen molar-refractivity contribution in [1.29, 1.82) is 0 Å². The molecule has 2 aromatic carbocycles. The average Bonchev–Trinajstić information content (AvgIpc) is 2.75. The number of methoxy groups -OCH3 is 1. The maximum Gasteiger partial charge on any atom is 0.337 e. The zero-order chi connectivity index (χ0) is 19.9. The number of amides is 1. The van der Waals surface area contributed by atoms with Gasteiger partial charge in [-0.1, -0.05) is 24.3 Å². The van der Waals surface area contributed by atoms with Crippen LogP contribution in [0.15, 0.2) is 66.7 Å². The fraction of sp³-hybridized carbons (Fsp3) is 0.143. The summed E-state index contributed by atoms with van der Waals surface area (Å²) in [6, 6.07) is 19.7. The second-order valence-corrected chi connectivity index (χ2v) is 5.88. The molecule has 0 aliphatic heterocycles. The van der Waals surface area contributed by atoms with Crippen molar-refractivity contribution in [3.05, 3.63) is 78.0 Å². The van der Waals surface area contributed by atoms with Crippen LogP contribution in [0.1, 0.15) is 27.8 Å². The van der Waals surface area contributed by atoms with Crippen molar-refractivity contribution in [1.82, 2.24) is 10.2 Å². The third-order valence-electron chi connectivity index (χ3n) is 4.09. The Kier molecular flexibility index (Phi) is 5.96. The zero-order valence-corrected chi connectivity index (χ0v) is 15.6. The zero-order valence-electron chi connectivity index (χ0n) is 15.6. The molecule has 0 radical (unpaired) electrons. The van der Waals surface area contributed by atoms with Crippen LogP contribution in [0.2, 0.25) is 0 Å². The van der Waals surface area contributed by atoms with Gasteiger partial charge < -0.3 is 15.0 Å². The lowest BCUT2D eigenvalue weighted by Gasteiger charge is -2.21. The van der Waals surface area contributed by atoms with Crippen molar-refractivity contribution >= 4 is 29.1 Å². The predicted molar refractivity (Wildman–Crippen MR) is 107 cm³/mol. The average molecular weight is 376 g/mol. The molecule has 142 valence electrons. The Morgan fingerprint density at radius 2 is 1.79 bits per heavy atom. The number of benzene rings is 2. The monoisotopic (exact) mass is 376 g/mol. The number of hydrogen-bond donors (Lipinski definition) is 1. The fourth-order valence-electron chi connectivity index (χ4n) is 2.71. The lowest BCUT2D eigenvalue weighted by Crippen LogP contribution is -2.19. The van der Waals surface area contributed by atoms with Crippen LogP contribution >= 0.6 is 0 Å². The minimum atomic E-state index is -0.471. The maximum atomic E-state index is 12.4. The summed E-state index contributed by atoms with van der Waals surface area (Å²) >= 11 is 0. The number of nitrogens with one attached hydrogen (secondary N) is 1. The van der Waals surface area contributed by atoms with Crippen LogP contribution in [0.3, 0.4) is 0 Å². The molecule has 28 heavy (non-hydrogen) atoms. The highest BCUT2D eigenvalue weighted by molar-refractivity contribution is 6.03. The molecule has 0 fully saturated rings. The number of rotatable bonds is 6. The van der Waals surface area contributed by atoms with E-state index in [-0.39, 0.29) is 5.69 Å². The van der Waals surface area contributed by atoms with E-state index in [1.807, 2.05) is 42.2 Å². The van der Waals surface area contributed by atoms with E-state index in [4.69, 9.17) is 0 Å². The lowest BCUT2D eigenvalue weighted by atomic mass is 10.2. The van der Waals surface area contributed by atoms with Gasteiger partial charge in [0.2, 0.25) is 0 Å². The van der Waals surface area contributed by atoms with E-state index in [1.165, 1.54) is 7.11 Å². The van der Waals surface area contributed by atoms with Crippen molar-refractivity contribution in [2.75, 3.05) is 23.9 Å². The normalized spacial score (nSPS) is 10.2. The summed E-state index contributed by atoms with van der Waals surface area (Å²) in [5.74, 6) is -0.234. The van der Waals surface area contributed by atoms with Gasteiger partial charge in [-0.3, -0.25) is 4.79 Å². The van der Waals surface area contributed by atoms with Gasteiger partial charge in [-0.2, -0.15) is 0 Å². The van der Waals surface area contributed by atoms with E-state index >= 15 is 0 Å². The summed E-state index contributed by atoms with van der Waals surface area (Å²) in [4.78, 5) is 26.0. The molecule has 0 aliphatic carbocycles. The van der Waals surface area contributed by atoms with Crippen molar-refractivity contribution in [3.8, 4) is 0 Å². The van der Waals surface area contributed by atoms with Gasteiger partial charge in [-0.25, -0.2) is 4.79 Å². The van der Waals surface area contributed by atoms with Gasteiger partial charge >= 0.3 is 5.97 Å². The highest BCUT2D eigenvalue weighted by Crippen LogP contribution is 2.22. The first-order valence-corrected chi connectivity index (χ1v) is 8.78. The van der Waals surface area contributed by atoms with Crippen LogP contribution in [-0.4, -0.2) is 35.7 Å². The Hall–Kier alpha value is -3.74. The highest BCUT2D eigenvalue weighted by Gasteiger charge is 2.13. The second kappa shape index (κ2) is 8.77. The number of nitrogens with zero attached hydrogens (tertiary/aromatic N) is 3. The van der Waals surface area contributed by atoms with Gasteiger partial charge in [-0.05, 0) is 49.4 Å². The smallest absolute Gasteiger partial charge is 0.337 e. The molecule has 0 unspecified atom stereocenters. The molecule has 0 bridgehead atoms. The molecule has 1 aromatic heterocycles. The molecule has 0 spiro atoms. The Balaban J connectivity index is 1.74. The summed E-state index contributed by atoms with van der Waals surface area (Å²) in [7, 11) is 1.31. The number of hydrogen-bond acceptors (Lipinski definition) is 6. The van der Waals surface area contributed by atoms with Crippen LogP contribution in [0, 0.1) is 0 Å². The van der Waals surface area contributed by atoms with Crippen LogP contribution < -0.4 is 10.2 Å². The Labute approximate surface area is 163 Å². The van der Waals surface area contributed by atoms with E-state index in [0.717, 1.165) is 5.69 Å². The molecule has 7 heteroatoms. The first-order chi connectivity index (χ1) is 13.6. The van der Waals surface area contributed by atoms with Gasteiger partial charge in [0.15, 0.2) is 11.5 Å². The number of para-hydroxylation sites is 1. The van der Waals surface area contributed by atoms with Crippen molar-refractivity contribution in [2.24, 2.45) is 0 Å². The van der Waals surface area contributed by atoms with Crippen molar-refractivity contribution < 1.29 is 14.3 Å². The molecule has 3 aromatic rings. The van der Waals surface area contributed by atoms with E-state index in [1.54, 1.807) is 36.4 Å². The molecule has 7 nitrogen and oxygen atoms in total. The topological polar surface area (TPSA) is 84.4 Å². The van der Waals surface area contributed by atoms with Crippen LogP contribution in [0.25, 0.3) is 0 Å². The van der Waals surface area contributed by atoms with Gasteiger partial charge in [0.25, 0.3) is 5.91 Å².